The number of rotatable bonds is 4. The summed E-state index contributed by atoms with van der Waals surface area (Å²) in [5, 5.41) is 0. The Balaban J connectivity index is 1.62. The van der Waals surface area contributed by atoms with Crippen molar-refractivity contribution in [2.45, 2.75) is 19.6 Å². The van der Waals surface area contributed by atoms with Crippen molar-refractivity contribution in [1.29, 1.82) is 0 Å². The molecule has 2 aromatic rings. The molecule has 0 atom stereocenters. The van der Waals surface area contributed by atoms with Crippen LogP contribution in [-0.4, -0.2) is 49.7 Å². The summed E-state index contributed by atoms with van der Waals surface area (Å²) in [5.74, 6) is -0.637. The standard InChI is InChI=1S/C20H23FN2O3S/c1-15-3-6-18(13-16(15)2)20(24)22-9-11-23(12-10-22)27(25,26)14-17-4-7-19(21)8-5-17/h3-8,13H,9-12,14H2,1-2H3. The molecule has 0 spiro atoms. The van der Waals surface area contributed by atoms with Crippen LogP contribution in [0.1, 0.15) is 27.0 Å². The second kappa shape index (κ2) is 7.78. The first-order chi connectivity index (χ1) is 12.8. The number of halogens is 1. The third-order valence-corrected chi connectivity index (χ3v) is 6.79. The lowest BCUT2D eigenvalue weighted by atomic mass is 10.1. The Morgan fingerprint density at radius 3 is 2.19 bits per heavy atom. The van der Waals surface area contributed by atoms with E-state index in [9.17, 15) is 17.6 Å². The van der Waals surface area contributed by atoms with E-state index in [-0.39, 0.29) is 24.7 Å². The minimum atomic E-state index is -3.50. The summed E-state index contributed by atoms with van der Waals surface area (Å²) in [6.45, 7) is 5.20. The van der Waals surface area contributed by atoms with Gasteiger partial charge in [-0.05, 0) is 54.8 Å². The van der Waals surface area contributed by atoms with Crippen LogP contribution in [0.3, 0.4) is 0 Å². The Morgan fingerprint density at radius 2 is 1.59 bits per heavy atom. The molecule has 1 amide bonds. The van der Waals surface area contributed by atoms with E-state index >= 15 is 0 Å². The van der Waals surface area contributed by atoms with Crippen molar-refractivity contribution < 1.29 is 17.6 Å². The molecule has 0 radical (unpaired) electrons. The van der Waals surface area contributed by atoms with Crippen molar-refractivity contribution in [3.8, 4) is 0 Å². The minimum Gasteiger partial charge on any atom is -0.336 e. The molecule has 1 fully saturated rings. The van der Waals surface area contributed by atoms with Gasteiger partial charge in [0.15, 0.2) is 0 Å². The van der Waals surface area contributed by atoms with Gasteiger partial charge in [-0.3, -0.25) is 4.79 Å². The summed E-state index contributed by atoms with van der Waals surface area (Å²) in [6, 6.07) is 11.1. The summed E-state index contributed by atoms with van der Waals surface area (Å²) < 4.78 is 39.6. The van der Waals surface area contributed by atoms with Crippen LogP contribution in [0.4, 0.5) is 4.39 Å². The van der Waals surface area contributed by atoms with Crippen LogP contribution < -0.4 is 0 Å². The first-order valence-electron chi connectivity index (χ1n) is 8.85. The van der Waals surface area contributed by atoms with Crippen molar-refractivity contribution in [1.82, 2.24) is 9.21 Å². The SMILES string of the molecule is Cc1ccc(C(=O)N2CCN(S(=O)(=O)Cc3ccc(F)cc3)CC2)cc1C. The van der Waals surface area contributed by atoms with E-state index in [1.54, 1.807) is 4.90 Å². The fourth-order valence-corrected chi connectivity index (χ4v) is 4.62. The highest BCUT2D eigenvalue weighted by molar-refractivity contribution is 7.88. The molecule has 3 rings (SSSR count). The number of benzene rings is 2. The highest BCUT2D eigenvalue weighted by Crippen LogP contribution is 2.17. The van der Waals surface area contributed by atoms with Gasteiger partial charge >= 0.3 is 0 Å². The van der Waals surface area contributed by atoms with Crippen molar-refractivity contribution >= 4 is 15.9 Å². The van der Waals surface area contributed by atoms with Crippen LogP contribution in [0, 0.1) is 19.7 Å². The zero-order valence-electron chi connectivity index (χ0n) is 15.5. The number of carbonyl (C=O) groups is 1. The fourth-order valence-electron chi connectivity index (χ4n) is 3.11. The van der Waals surface area contributed by atoms with Gasteiger partial charge in [-0.2, -0.15) is 4.31 Å². The highest BCUT2D eigenvalue weighted by Gasteiger charge is 2.29. The Bertz CT molecular complexity index is 934. The zero-order chi connectivity index (χ0) is 19.6. The first-order valence-corrected chi connectivity index (χ1v) is 10.5. The fraction of sp³-hybridized carbons (Fsp3) is 0.350. The number of sulfonamides is 1. The first kappa shape index (κ1) is 19.5. The number of carbonyl (C=O) groups excluding carboxylic acids is 1. The zero-order valence-corrected chi connectivity index (χ0v) is 16.3. The molecule has 1 heterocycles. The van der Waals surface area contributed by atoms with Gasteiger partial charge in [0.1, 0.15) is 5.82 Å². The molecule has 0 unspecified atom stereocenters. The Hall–Kier alpha value is -2.25. The number of piperazine rings is 1. The van der Waals surface area contributed by atoms with E-state index in [1.807, 2.05) is 32.0 Å². The molecule has 7 heteroatoms. The predicted molar refractivity (Wildman–Crippen MR) is 102 cm³/mol. The van der Waals surface area contributed by atoms with Gasteiger partial charge in [0.05, 0.1) is 5.75 Å². The van der Waals surface area contributed by atoms with Crippen molar-refractivity contribution in [2.24, 2.45) is 0 Å². The summed E-state index contributed by atoms with van der Waals surface area (Å²) in [4.78, 5) is 14.4. The van der Waals surface area contributed by atoms with Gasteiger partial charge in [0, 0.05) is 31.7 Å². The van der Waals surface area contributed by atoms with Crippen molar-refractivity contribution in [3.63, 3.8) is 0 Å². The number of aryl methyl sites for hydroxylation is 2. The summed E-state index contributed by atoms with van der Waals surface area (Å²) in [7, 11) is -3.50. The van der Waals surface area contributed by atoms with Gasteiger partial charge in [-0.1, -0.05) is 18.2 Å². The van der Waals surface area contributed by atoms with Crippen LogP contribution in [0.25, 0.3) is 0 Å². The van der Waals surface area contributed by atoms with Crippen molar-refractivity contribution in [3.05, 3.63) is 70.5 Å². The van der Waals surface area contributed by atoms with Crippen LogP contribution >= 0.6 is 0 Å². The molecule has 0 N–H and O–H groups in total. The molecule has 1 aliphatic rings. The van der Waals surface area contributed by atoms with E-state index in [2.05, 4.69) is 0 Å². The molecule has 2 aromatic carbocycles. The lowest BCUT2D eigenvalue weighted by molar-refractivity contribution is 0.0697. The topological polar surface area (TPSA) is 57.7 Å². The third kappa shape index (κ3) is 4.54. The van der Waals surface area contributed by atoms with Crippen LogP contribution in [-0.2, 0) is 15.8 Å². The smallest absolute Gasteiger partial charge is 0.253 e. The number of hydrogen-bond donors (Lipinski definition) is 0. The number of hydrogen-bond acceptors (Lipinski definition) is 3. The average molecular weight is 390 g/mol. The Morgan fingerprint density at radius 1 is 0.963 bits per heavy atom. The molecule has 0 bridgehead atoms. The largest absolute Gasteiger partial charge is 0.336 e. The maximum Gasteiger partial charge on any atom is 0.253 e. The molecule has 0 saturated carbocycles. The summed E-state index contributed by atoms with van der Waals surface area (Å²) in [5.41, 5.74) is 3.36. The quantitative estimate of drug-likeness (QED) is 0.807. The summed E-state index contributed by atoms with van der Waals surface area (Å²) >= 11 is 0. The van der Waals surface area contributed by atoms with Crippen LogP contribution in [0.5, 0.6) is 0 Å². The molecule has 0 aromatic heterocycles. The lowest BCUT2D eigenvalue weighted by Crippen LogP contribution is -2.50. The molecule has 1 aliphatic heterocycles. The van der Waals surface area contributed by atoms with E-state index in [0.29, 0.717) is 24.2 Å². The minimum absolute atomic E-state index is 0.0753. The predicted octanol–water partition coefficient (Wildman–Crippen LogP) is 2.73. The molecule has 0 aliphatic carbocycles. The maximum absolute atomic E-state index is 13.0. The molecule has 1 saturated heterocycles. The van der Waals surface area contributed by atoms with Gasteiger partial charge < -0.3 is 4.90 Å². The third-order valence-electron chi connectivity index (χ3n) is 4.94. The molecule has 27 heavy (non-hydrogen) atoms. The molecular formula is C20H23FN2O3S. The molecular weight excluding hydrogens is 367 g/mol. The van der Waals surface area contributed by atoms with Gasteiger partial charge in [0.2, 0.25) is 10.0 Å². The average Bonchev–Trinajstić information content (AvgIpc) is 2.65. The van der Waals surface area contributed by atoms with Crippen molar-refractivity contribution in [2.75, 3.05) is 26.2 Å². The lowest BCUT2D eigenvalue weighted by Gasteiger charge is -2.34. The second-order valence-electron chi connectivity index (χ2n) is 6.87. The molecule has 5 nitrogen and oxygen atoms in total. The van der Waals surface area contributed by atoms with E-state index in [0.717, 1.165) is 11.1 Å². The highest BCUT2D eigenvalue weighted by atomic mass is 32.2. The number of amides is 1. The van der Waals surface area contributed by atoms with E-state index in [1.165, 1.54) is 28.6 Å². The normalized spacial score (nSPS) is 15.7. The van der Waals surface area contributed by atoms with Crippen LogP contribution in [0.2, 0.25) is 0 Å². The Kier molecular flexibility index (Phi) is 5.62. The Labute approximate surface area is 159 Å². The van der Waals surface area contributed by atoms with Gasteiger partial charge in [0.25, 0.3) is 5.91 Å². The number of nitrogens with zero attached hydrogens (tertiary/aromatic N) is 2. The molecule has 144 valence electrons. The van der Waals surface area contributed by atoms with E-state index in [4.69, 9.17) is 0 Å². The van der Waals surface area contributed by atoms with E-state index < -0.39 is 15.8 Å². The van der Waals surface area contributed by atoms with Gasteiger partial charge in [-0.15, -0.1) is 0 Å². The van der Waals surface area contributed by atoms with Gasteiger partial charge in [-0.25, -0.2) is 12.8 Å². The monoisotopic (exact) mass is 390 g/mol. The second-order valence-corrected chi connectivity index (χ2v) is 8.84. The maximum atomic E-state index is 13.0. The summed E-state index contributed by atoms with van der Waals surface area (Å²) in [6.07, 6.45) is 0. The van der Waals surface area contributed by atoms with Crippen LogP contribution in [0.15, 0.2) is 42.5 Å².